The van der Waals surface area contributed by atoms with Gasteiger partial charge in [-0.25, -0.2) is 0 Å². The summed E-state index contributed by atoms with van der Waals surface area (Å²) < 4.78 is 1.38. The number of thiocarbonyl (C=S) groups is 1. The third-order valence-electron chi connectivity index (χ3n) is 1.23. The van der Waals surface area contributed by atoms with Gasteiger partial charge in [0, 0.05) is 0 Å². The Bertz CT molecular complexity index is 167. The molecule has 8 heavy (non-hydrogen) atoms. The predicted molar refractivity (Wildman–Crippen MR) is 40.2 cm³/mol. The van der Waals surface area contributed by atoms with Gasteiger partial charge in [-0.2, -0.15) is 0 Å². The standard InChI is InChI=1S/C6H5S.Na/c7-6-4-2-1-3-5-6;/h1-3H,4H2;. The zero-order chi connectivity index (χ0) is 5.98. The molecule has 0 bridgehead atoms. The van der Waals surface area contributed by atoms with Gasteiger partial charge in [-0.05, 0) is 0 Å². The van der Waals surface area contributed by atoms with E-state index in [-0.39, 0.29) is 0 Å². The van der Waals surface area contributed by atoms with Crippen LogP contribution in [0.3, 0.4) is 0 Å². The van der Waals surface area contributed by atoms with E-state index in [1.165, 1.54) is 2.82 Å². The van der Waals surface area contributed by atoms with Gasteiger partial charge in [-0.1, -0.05) is 0 Å². The fraction of sp³-hybridized carbons (Fsp3) is 0.167. The van der Waals surface area contributed by atoms with Crippen LogP contribution < -0.4 is 0 Å². The summed E-state index contributed by atoms with van der Waals surface area (Å²) >= 11 is 6.15. The maximum absolute atomic E-state index is 5.04. The third-order valence-corrected chi connectivity index (χ3v) is 3.01. The summed E-state index contributed by atoms with van der Waals surface area (Å²) in [4.78, 5) is 1.14. The molecule has 0 amide bonds. The van der Waals surface area contributed by atoms with E-state index < -0.39 is 0 Å². The Morgan fingerprint density at radius 1 is 1.62 bits per heavy atom. The van der Waals surface area contributed by atoms with E-state index in [0.717, 1.165) is 39.2 Å². The van der Waals surface area contributed by atoms with Crippen molar-refractivity contribution in [1.29, 1.82) is 0 Å². The number of rotatable bonds is 0. The first-order chi connectivity index (χ1) is 3.80. The second kappa shape index (κ2) is 2.92. The molecule has 0 unspecified atom stereocenters. The average molecular weight is 132 g/mol. The SMILES string of the molecule is [Na][C]1=CC=CCC1=S. The van der Waals surface area contributed by atoms with Crippen molar-refractivity contribution in [3.05, 3.63) is 21.1 Å². The van der Waals surface area contributed by atoms with E-state index >= 15 is 0 Å². The fourth-order valence-electron chi connectivity index (χ4n) is 0.641. The minimum absolute atomic E-state index is 0.991. The van der Waals surface area contributed by atoms with Crippen LogP contribution in [-0.4, -0.2) is 32.8 Å². The number of hydrogen-bond acceptors (Lipinski definition) is 1. The molecule has 36 valence electrons. The summed E-state index contributed by atoms with van der Waals surface area (Å²) in [5.41, 5.74) is 0. The molecule has 0 aromatic rings. The van der Waals surface area contributed by atoms with E-state index in [2.05, 4.69) is 18.2 Å². The van der Waals surface area contributed by atoms with Gasteiger partial charge in [0.05, 0.1) is 0 Å². The quantitative estimate of drug-likeness (QED) is 0.354. The van der Waals surface area contributed by atoms with Crippen molar-refractivity contribution in [3.63, 3.8) is 0 Å². The van der Waals surface area contributed by atoms with Crippen LogP contribution >= 0.6 is 12.2 Å². The van der Waals surface area contributed by atoms with Gasteiger partial charge in [-0.3, -0.25) is 0 Å². The van der Waals surface area contributed by atoms with Crippen molar-refractivity contribution in [2.45, 2.75) is 6.42 Å². The van der Waals surface area contributed by atoms with Crippen LogP contribution in [0.15, 0.2) is 21.1 Å². The molecule has 1 aliphatic rings. The molecule has 0 aromatic heterocycles. The molecule has 0 nitrogen and oxygen atoms in total. The Balaban J connectivity index is 2.80. The Morgan fingerprint density at radius 2 is 2.38 bits per heavy atom. The Hall–Kier alpha value is 0.570. The van der Waals surface area contributed by atoms with Gasteiger partial charge < -0.3 is 0 Å². The number of hydrogen-bond donors (Lipinski definition) is 0. The zero-order valence-corrected chi connectivity index (χ0v) is 7.66. The predicted octanol–water partition coefficient (Wildman–Crippen LogP) is 1.37. The molecule has 1 aliphatic carbocycles. The fourth-order valence-corrected chi connectivity index (χ4v) is 1.20. The maximum atomic E-state index is 5.04. The molecule has 0 fully saturated rings. The van der Waals surface area contributed by atoms with Gasteiger partial charge in [0.2, 0.25) is 0 Å². The van der Waals surface area contributed by atoms with Crippen molar-refractivity contribution >= 4 is 45.0 Å². The van der Waals surface area contributed by atoms with Crippen LogP contribution in [0.1, 0.15) is 6.42 Å². The molecule has 0 saturated heterocycles. The van der Waals surface area contributed by atoms with Crippen LogP contribution in [-0.2, 0) is 0 Å². The van der Waals surface area contributed by atoms with E-state index in [9.17, 15) is 0 Å². The topological polar surface area (TPSA) is 0 Å². The molecule has 0 aromatic carbocycles. The van der Waals surface area contributed by atoms with Crippen molar-refractivity contribution in [2.24, 2.45) is 0 Å². The zero-order valence-electron chi connectivity index (χ0n) is 4.85. The molecule has 0 N–H and O–H groups in total. The summed E-state index contributed by atoms with van der Waals surface area (Å²) in [6, 6.07) is 0. The normalized spacial score (nSPS) is 18.8. The Morgan fingerprint density at radius 3 is 2.75 bits per heavy atom. The molecular formula is C6H5NaS. The van der Waals surface area contributed by atoms with Gasteiger partial charge in [0.1, 0.15) is 0 Å². The van der Waals surface area contributed by atoms with E-state index in [1.54, 1.807) is 0 Å². The molecule has 0 radical (unpaired) electrons. The van der Waals surface area contributed by atoms with Crippen molar-refractivity contribution in [2.75, 3.05) is 0 Å². The second-order valence-electron chi connectivity index (χ2n) is 1.91. The molecule has 0 heterocycles. The first-order valence-corrected chi connectivity index (χ1v) is 4.08. The van der Waals surface area contributed by atoms with Gasteiger partial charge in [0.25, 0.3) is 0 Å². The minimum atomic E-state index is 0.991. The van der Waals surface area contributed by atoms with Crippen LogP contribution in [0.2, 0.25) is 0 Å². The molecule has 0 saturated carbocycles. The average Bonchev–Trinajstić information content (AvgIpc) is 1.77. The van der Waals surface area contributed by atoms with E-state index in [1.807, 2.05) is 0 Å². The van der Waals surface area contributed by atoms with Crippen LogP contribution in [0, 0.1) is 0 Å². The van der Waals surface area contributed by atoms with Crippen LogP contribution in [0.4, 0.5) is 0 Å². The van der Waals surface area contributed by atoms with Gasteiger partial charge in [0.15, 0.2) is 0 Å². The summed E-state index contributed by atoms with van der Waals surface area (Å²) in [6.07, 6.45) is 7.28. The molecule has 2 heteroatoms. The third kappa shape index (κ3) is 1.52. The van der Waals surface area contributed by atoms with E-state index in [0.29, 0.717) is 0 Å². The molecular weight excluding hydrogens is 127 g/mol. The van der Waals surface area contributed by atoms with Crippen molar-refractivity contribution in [3.8, 4) is 0 Å². The second-order valence-corrected chi connectivity index (χ2v) is 3.48. The van der Waals surface area contributed by atoms with Crippen LogP contribution in [0.5, 0.6) is 0 Å². The molecule has 0 aliphatic heterocycles. The van der Waals surface area contributed by atoms with Crippen molar-refractivity contribution in [1.82, 2.24) is 0 Å². The number of allylic oxidation sites excluding steroid dienone is 4. The monoisotopic (exact) mass is 132 g/mol. The Kier molecular flexibility index (Phi) is 2.44. The van der Waals surface area contributed by atoms with Crippen LogP contribution in [0.25, 0.3) is 0 Å². The van der Waals surface area contributed by atoms with E-state index in [4.69, 9.17) is 12.2 Å². The first-order valence-electron chi connectivity index (χ1n) is 2.67. The van der Waals surface area contributed by atoms with Gasteiger partial charge in [-0.15, -0.1) is 0 Å². The van der Waals surface area contributed by atoms with Crippen molar-refractivity contribution < 1.29 is 0 Å². The molecule has 0 spiro atoms. The summed E-state index contributed by atoms with van der Waals surface area (Å²) in [5, 5.41) is 0. The summed E-state index contributed by atoms with van der Waals surface area (Å²) in [7, 11) is 0. The molecule has 1 rings (SSSR count). The Labute approximate surface area is 72.1 Å². The van der Waals surface area contributed by atoms with Gasteiger partial charge >= 0.3 is 72.5 Å². The molecule has 0 atom stereocenters. The first kappa shape index (κ1) is 6.69. The summed E-state index contributed by atoms with van der Waals surface area (Å²) in [6.45, 7) is 0. The summed E-state index contributed by atoms with van der Waals surface area (Å²) in [5.74, 6) is 0.